The van der Waals surface area contributed by atoms with Crippen molar-refractivity contribution >= 4 is 38.7 Å². The Bertz CT molecular complexity index is 297. The lowest BCUT2D eigenvalue weighted by molar-refractivity contribution is 0.102. The molecule has 14 heavy (non-hydrogen) atoms. The summed E-state index contributed by atoms with van der Waals surface area (Å²) in [6.45, 7) is 2.14. The Morgan fingerprint density at radius 1 is 1.43 bits per heavy atom. The molecule has 0 bridgehead atoms. The van der Waals surface area contributed by atoms with Crippen LogP contribution in [0.5, 0.6) is 0 Å². The average molecular weight is 322 g/mol. The molecule has 0 fully saturated rings. The normalized spacial score (nSPS) is 9.29. The van der Waals surface area contributed by atoms with Crippen molar-refractivity contribution in [1.82, 2.24) is 0 Å². The Labute approximate surface area is 104 Å². The second-order valence-electron chi connectivity index (χ2n) is 3.01. The van der Waals surface area contributed by atoms with Crippen LogP contribution in [-0.2, 0) is 6.42 Å². The van der Waals surface area contributed by atoms with Gasteiger partial charge in [0, 0.05) is 5.56 Å². The van der Waals surface area contributed by atoms with Crippen LogP contribution in [0.25, 0.3) is 0 Å². The minimum Gasteiger partial charge on any atom is -0.293 e. The molecule has 3 heteroatoms. The first-order valence-corrected chi connectivity index (χ1v) is 5.58. The third-order valence-corrected chi connectivity index (χ3v) is 2.42. The van der Waals surface area contributed by atoms with E-state index in [4.69, 9.17) is 0 Å². The standard InChI is InChI=1S/C11H13BrO.BrH/c1-2-4-9-5-3-6-10(7-9)11(13)8-12;/h3,5-7H,2,4,8H2,1H3;1H. The van der Waals surface area contributed by atoms with Crippen molar-refractivity contribution in [2.24, 2.45) is 0 Å². The fourth-order valence-corrected chi connectivity index (χ4v) is 1.59. The summed E-state index contributed by atoms with van der Waals surface area (Å²) in [6, 6.07) is 7.85. The number of carbonyl (C=O) groups excluding carboxylic acids is 1. The summed E-state index contributed by atoms with van der Waals surface area (Å²) in [4.78, 5) is 11.3. The van der Waals surface area contributed by atoms with Crippen LogP contribution in [0.2, 0.25) is 0 Å². The zero-order valence-corrected chi connectivity index (χ0v) is 11.4. The lowest BCUT2D eigenvalue weighted by Gasteiger charge is -2.01. The van der Waals surface area contributed by atoms with E-state index >= 15 is 0 Å². The molecular weight excluding hydrogens is 308 g/mol. The van der Waals surface area contributed by atoms with Gasteiger partial charge in [-0.05, 0) is 18.1 Å². The molecule has 1 aromatic carbocycles. The van der Waals surface area contributed by atoms with Gasteiger partial charge in [0.25, 0.3) is 0 Å². The lowest BCUT2D eigenvalue weighted by atomic mass is 10.1. The number of Topliss-reactive ketones (excluding diaryl/α,β-unsaturated/α-hetero) is 1. The van der Waals surface area contributed by atoms with Gasteiger partial charge in [-0.15, -0.1) is 17.0 Å². The van der Waals surface area contributed by atoms with E-state index in [0.717, 1.165) is 18.4 Å². The van der Waals surface area contributed by atoms with Crippen molar-refractivity contribution in [1.29, 1.82) is 0 Å². The number of aryl methyl sites for hydroxylation is 1. The maximum Gasteiger partial charge on any atom is 0.173 e. The largest absolute Gasteiger partial charge is 0.293 e. The highest BCUT2D eigenvalue weighted by Gasteiger charge is 2.03. The minimum absolute atomic E-state index is 0. The van der Waals surface area contributed by atoms with Crippen molar-refractivity contribution in [3.05, 3.63) is 35.4 Å². The first-order chi connectivity index (χ1) is 6.27. The summed E-state index contributed by atoms with van der Waals surface area (Å²) in [7, 11) is 0. The van der Waals surface area contributed by atoms with Gasteiger partial charge in [0.05, 0.1) is 5.33 Å². The van der Waals surface area contributed by atoms with E-state index in [2.05, 4.69) is 28.9 Å². The fourth-order valence-electron chi connectivity index (χ4n) is 1.27. The molecule has 78 valence electrons. The molecule has 0 atom stereocenters. The summed E-state index contributed by atoms with van der Waals surface area (Å²) in [5, 5.41) is 0.405. The minimum atomic E-state index is 0. The highest BCUT2D eigenvalue weighted by Crippen LogP contribution is 2.09. The first kappa shape index (κ1) is 13.8. The number of ketones is 1. The molecule has 0 saturated heterocycles. The topological polar surface area (TPSA) is 17.1 Å². The molecule has 0 saturated carbocycles. The molecule has 0 aliphatic rings. The summed E-state index contributed by atoms with van der Waals surface area (Å²) in [5.74, 6) is 0.151. The highest BCUT2D eigenvalue weighted by atomic mass is 79.9. The third-order valence-electron chi connectivity index (χ3n) is 1.91. The van der Waals surface area contributed by atoms with Gasteiger partial charge in [-0.3, -0.25) is 4.79 Å². The Hall–Kier alpha value is -0.150. The first-order valence-electron chi connectivity index (χ1n) is 4.46. The van der Waals surface area contributed by atoms with Gasteiger partial charge in [-0.2, -0.15) is 0 Å². The van der Waals surface area contributed by atoms with Gasteiger partial charge >= 0.3 is 0 Å². The van der Waals surface area contributed by atoms with E-state index in [1.54, 1.807) is 0 Å². The van der Waals surface area contributed by atoms with Crippen LogP contribution in [0.15, 0.2) is 24.3 Å². The predicted molar refractivity (Wildman–Crippen MR) is 68.9 cm³/mol. The van der Waals surface area contributed by atoms with Gasteiger partial charge in [0.2, 0.25) is 0 Å². The second kappa shape index (κ2) is 7.18. The van der Waals surface area contributed by atoms with Crippen LogP contribution >= 0.6 is 32.9 Å². The number of hydrogen-bond acceptors (Lipinski definition) is 1. The maximum absolute atomic E-state index is 11.3. The SMILES string of the molecule is Br.CCCc1cccc(C(=O)CBr)c1. The molecule has 0 spiro atoms. The smallest absolute Gasteiger partial charge is 0.173 e. The van der Waals surface area contributed by atoms with E-state index in [-0.39, 0.29) is 22.8 Å². The second-order valence-corrected chi connectivity index (χ2v) is 3.57. The molecule has 1 aromatic rings. The summed E-state index contributed by atoms with van der Waals surface area (Å²) >= 11 is 3.17. The predicted octanol–water partition coefficient (Wildman–Crippen LogP) is 3.79. The van der Waals surface area contributed by atoms with Crippen LogP contribution in [0.4, 0.5) is 0 Å². The molecule has 0 aliphatic carbocycles. The van der Waals surface area contributed by atoms with E-state index in [1.807, 2.05) is 18.2 Å². The van der Waals surface area contributed by atoms with Crippen LogP contribution in [0.3, 0.4) is 0 Å². The van der Waals surface area contributed by atoms with Gasteiger partial charge in [0.15, 0.2) is 5.78 Å². The van der Waals surface area contributed by atoms with E-state index in [0.29, 0.717) is 5.33 Å². The number of benzene rings is 1. The van der Waals surface area contributed by atoms with Gasteiger partial charge < -0.3 is 0 Å². The number of rotatable bonds is 4. The Kier molecular flexibility index (Phi) is 7.11. The molecule has 0 heterocycles. The average Bonchev–Trinajstić information content (AvgIpc) is 2.18. The lowest BCUT2D eigenvalue weighted by Crippen LogP contribution is -2.00. The third kappa shape index (κ3) is 3.93. The number of carbonyl (C=O) groups is 1. The van der Waals surface area contributed by atoms with E-state index in [9.17, 15) is 4.79 Å². The molecule has 1 nitrogen and oxygen atoms in total. The van der Waals surface area contributed by atoms with Gasteiger partial charge in [0.1, 0.15) is 0 Å². The van der Waals surface area contributed by atoms with Crippen LogP contribution in [0, 0.1) is 0 Å². The highest BCUT2D eigenvalue weighted by molar-refractivity contribution is 9.09. The Morgan fingerprint density at radius 2 is 2.14 bits per heavy atom. The van der Waals surface area contributed by atoms with Gasteiger partial charge in [-0.25, -0.2) is 0 Å². The van der Waals surface area contributed by atoms with Crippen molar-refractivity contribution in [2.45, 2.75) is 19.8 Å². The van der Waals surface area contributed by atoms with E-state index in [1.165, 1.54) is 5.56 Å². The fraction of sp³-hybridized carbons (Fsp3) is 0.364. The molecule has 0 aromatic heterocycles. The van der Waals surface area contributed by atoms with Crippen molar-refractivity contribution in [3.63, 3.8) is 0 Å². The Morgan fingerprint density at radius 3 is 2.71 bits per heavy atom. The van der Waals surface area contributed by atoms with Crippen LogP contribution < -0.4 is 0 Å². The number of hydrogen-bond donors (Lipinski definition) is 0. The molecule has 0 unspecified atom stereocenters. The monoisotopic (exact) mass is 320 g/mol. The van der Waals surface area contributed by atoms with Crippen molar-refractivity contribution in [2.75, 3.05) is 5.33 Å². The van der Waals surface area contributed by atoms with E-state index < -0.39 is 0 Å². The van der Waals surface area contributed by atoms with Crippen LogP contribution in [-0.4, -0.2) is 11.1 Å². The summed E-state index contributed by atoms with van der Waals surface area (Å²) in [5.41, 5.74) is 2.05. The molecule has 0 amide bonds. The van der Waals surface area contributed by atoms with Crippen molar-refractivity contribution < 1.29 is 4.79 Å². The summed E-state index contributed by atoms with van der Waals surface area (Å²) in [6.07, 6.45) is 2.16. The van der Waals surface area contributed by atoms with Gasteiger partial charge in [-0.1, -0.05) is 47.5 Å². The molecule has 0 N–H and O–H groups in total. The zero-order chi connectivity index (χ0) is 9.68. The number of halogens is 2. The molecular formula is C11H14Br2O. The zero-order valence-electron chi connectivity index (χ0n) is 8.13. The number of alkyl halides is 1. The molecule has 0 aliphatic heterocycles. The Balaban J connectivity index is 0.00000169. The van der Waals surface area contributed by atoms with Crippen LogP contribution in [0.1, 0.15) is 29.3 Å². The quantitative estimate of drug-likeness (QED) is 0.609. The molecule has 1 rings (SSSR count). The molecule has 0 radical (unpaired) electrons. The summed E-state index contributed by atoms with van der Waals surface area (Å²) < 4.78 is 0. The van der Waals surface area contributed by atoms with Crippen molar-refractivity contribution in [3.8, 4) is 0 Å². The maximum atomic E-state index is 11.3.